The summed E-state index contributed by atoms with van der Waals surface area (Å²) in [6.45, 7) is 2.33. The molecular weight excluding hydrogens is 188 g/mol. The number of aliphatic hydroxyl groups excluding tert-OH is 1. The van der Waals surface area contributed by atoms with Crippen LogP contribution < -0.4 is 10.6 Å². The molecule has 15 heavy (non-hydrogen) atoms. The second-order valence-electron chi connectivity index (χ2n) is 4.02. The first-order valence-corrected chi connectivity index (χ1v) is 5.55. The number of benzene rings is 1. The van der Waals surface area contributed by atoms with Gasteiger partial charge in [-0.3, -0.25) is 0 Å². The minimum absolute atomic E-state index is 0.119. The van der Waals surface area contributed by atoms with Crippen LogP contribution in [0.25, 0.3) is 0 Å². The predicted molar refractivity (Wildman–Crippen MR) is 61.9 cm³/mol. The van der Waals surface area contributed by atoms with Crippen molar-refractivity contribution in [3.05, 3.63) is 29.8 Å². The molecule has 1 saturated heterocycles. The van der Waals surface area contributed by atoms with E-state index in [2.05, 4.69) is 10.6 Å². The zero-order valence-electron chi connectivity index (χ0n) is 8.87. The van der Waals surface area contributed by atoms with E-state index in [-0.39, 0.29) is 6.61 Å². The van der Waals surface area contributed by atoms with E-state index in [4.69, 9.17) is 5.11 Å². The fourth-order valence-corrected chi connectivity index (χ4v) is 1.91. The molecule has 0 spiro atoms. The summed E-state index contributed by atoms with van der Waals surface area (Å²) < 4.78 is 0. The molecule has 0 unspecified atom stereocenters. The van der Waals surface area contributed by atoms with E-state index >= 15 is 0 Å². The Morgan fingerprint density at radius 3 is 2.47 bits per heavy atom. The van der Waals surface area contributed by atoms with E-state index in [1.165, 1.54) is 12.8 Å². The Kier molecular flexibility index (Phi) is 3.59. The third-order valence-electron chi connectivity index (χ3n) is 2.85. The molecule has 0 atom stereocenters. The molecule has 82 valence electrons. The van der Waals surface area contributed by atoms with Gasteiger partial charge in [-0.05, 0) is 43.6 Å². The third kappa shape index (κ3) is 2.94. The summed E-state index contributed by atoms with van der Waals surface area (Å²) in [6.07, 6.45) is 2.36. The maximum atomic E-state index is 8.92. The molecule has 0 aliphatic carbocycles. The summed E-state index contributed by atoms with van der Waals surface area (Å²) in [5.74, 6) is 0. The molecule has 0 radical (unpaired) electrons. The van der Waals surface area contributed by atoms with Crippen LogP contribution in [0.2, 0.25) is 0 Å². The lowest BCUT2D eigenvalue weighted by atomic mass is 10.1. The lowest BCUT2D eigenvalue weighted by Crippen LogP contribution is -2.35. The molecule has 2 rings (SSSR count). The highest BCUT2D eigenvalue weighted by molar-refractivity contribution is 5.45. The van der Waals surface area contributed by atoms with Crippen molar-refractivity contribution in [3.63, 3.8) is 0 Å². The first-order valence-electron chi connectivity index (χ1n) is 5.55. The Balaban J connectivity index is 1.91. The second-order valence-corrected chi connectivity index (χ2v) is 4.02. The fraction of sp³-hybridized carbons (Fsp3) is 0.500. The van der Waals surface area contributed by atoms with Gasteiger partial charge in [0.05, 0.1) is 6.61 Å². The minimum atomic E-state index is 0.119. The van der Waals surface area contributed by atoms with Gasteiger partial charge in [0.25, 0.3) is 0 Å². The summed E-state index contributed by atoms with van der Waals surface area (Å²) in [7, 11) is 0. The van der Waals surface area contributed by atoms with Crippen molar-refractivity contribution in [2.45, 2.75) is 25.5 Å². The fourth-order valence-electron chi connectivity index (χ4n) is 1.91. The van der Waals surface area contributed by atoms with Gasteiger partial charge in [-0.15, -0.1) is 0 Å². The monoisotopic (exact) mass is 206 g/mol. The van der Waals surface area contributed by atoms with Gasteiger partial charge in [0.15, 0.2) is 0 Å². The highest BCUT2D eigenvalue weighted by atomic mass is 16.3. The topological polar surface area (TPSA) is 44.3 Å². The third-order valence-corrected chi connectivity index (χ3v) is 2.85. The van der Waals surface area contributed by atoms with Crippen LogP contribution in [-0.4, -0.2) is 24.2 Å². The van der Waals surface area contributed by atoms with Crippen LogP contribution in [0.4, 0.5) is 5.69 Å². The van der Waals surface area contributed by atoms with Crippen molar-refractivity contribution < 1.29 is 5.11 Å². The maximum Gasteiger partial charge on any atom is 0.0681 e. The lowest BCUT2D eigenvalue weighted by Gasteiger charge is -2.24. The van der Waals surface area contributed by atoms with Crippen LogP contribution in [0.5, 0.6) is 0 Å². The maximum absolute atomic E-state index is 8.92. The van der Waals surface area contributed by atoms with Gasteiger partial charge >= 0.3 is 0 Å². The van der Waals surface area contributed by atoms with Crippen LogP contribution in [0, 0.1) is 0 Å². The van der Waals surface area contributed by atoms with Crippen molar-refractivity contribution in [1.29, 1.82) is 0 Å². The molecule has 0 amide bonds. The molecule has 1 aliphatic rings. The van der Waals surface area contributed by atoms with Crippen molar-refractivity contribution in [1.82, 2.24) is 5.32 Å². The van der Waals surface area contributed by atoms with Crippen molar-refractivity contribution in [3.8, 4) is 0 Å². The Bertz CT molecular complexity index is 291. The second kappa shape index (κ2) is 5.14. The number of aliphatic hydroxyl groups is 1. The molecule has 3 N–H and O–H groups in total. The molecule has 0 bridgehead atoms. The summed E-state index contributed by atoms with van der Waals surface area (Å²) >= 11 is 0. The molecule has 0 aromatic heterocycles. The quantitative estimate of drug-likeness (QED) is 0.699. The Hall–Kier alpha value is -1.06. The Morgan fingerprint density at radius 1 is 1.20 bits per heavy atom. The molecule has 1 aromatic rings. The summed E-state index contributed by atoms with van der Waals surface area (Å²) in [5, 5.41) is 15.8. The number of anilines is 1. The first kappa shape index (κ1) is 10.5. The van der Waals surface area contributed by atoms with Gasteiger partial charge < -0.3 is 15.7 Å². The molecule has 1 aromatic carbocycles. The zero-order valence-corrected chi connectivity index (χ0v) is 8.87. The van der Waals surface area contributed by atoms with Gasteiger partial charge in [0, 0.05) is 11.7 Å². The van der Waals surface area contributed by atoms with Crippen LogP contribution in [-0.2, 0) is 6.61 Å². The molecular formula is C12H18N2O. The molecule has 3 heteroatoms. The van der Waals surface area contributed by atoms with Crippen LogP contribution in [0.3, 0.4) is 0 Å². The predicted octanol–water partition coefficient (Wildman–Crippen LogP) is 1.34. The van der Waals surface area contributed by atoms with Gasteiger partial charge in [0.1, 0.15) is 0 Å². The van der Waals surface area contributed by atoms with Gasteiger partial charge in [-0.2, -0.15) is 0 Å². The summed E-state index contributed by atoms with van der Waals surface area (Å²) in [5.41, 5.74) is 2.12. The van der Waals surface area contributed by atoms with Crippen molar-refractivity contribution >= 4 is 5.69 Å². The van der Waals surface area contributed by atoms with Crippen LogP contribution >= 0.6 is 0 Å². The molecule has 0 saturated carbocycles. The standard InChI is InChI=1S/C12H18N2O/c15-9-10-1-3-11(4-2-10)14-12-5-7-13-8-6-12/h1-4,12-15H,5-9H2. The van der Waals surface area contributed by atoms with E-state index in [1.807, 2.05) is 24.3 Å². The molecule has 1 aliphatic heterocycles. The average molecular weight is 206 g/mol. The number of piperidine rings is 1. The Labute approximate surface area is 90.5 Å². The minimum Gasteiger partial charge on any atom is -0.392 e. The van der Waals surface area contributed by atoms with E-state index in [1.54, 1.807) is 0 Å². The van der Waals surface area contributed by atoms with E-state index in [0.29, 0.717) is 6.04 Å². The largest absolute Gasteiger partial charge is 0.392 e. The number of hydrogen-bond acceptors (Lipinski definition) is 3. The van der Waals surface area contributed by atoms with Crippen LogP contribution in [0.15, 0.2) is 24.3 Å². The lowest BCUT2D eigenvalue weighted by molar-refractivity contribution is 0.282. The van der Waals surface area contributed by atoms with Crippen LogP contribution in [0.1, 0.15) is 18.4 Å². The normalized spacial score (nSPS) is 17.7. The van der Waals surface area contributed by atoms with Crippen molar-refractivity contribution in [2.24, 2.45) is 0 Å². The molecule has 3 nitrogen and oxygen atoms in total. The van der Waals surface area contributed by atoms with E-state index in [9.17, 15) is 0 Å². The highest BCUT2D eigenvalue weighted by Gasteiger charge is 2.11. The van der Waals surface area contributed by atoms with Gasteiger partial charge in [0.2, 0.25) is 0 Å². The van der Waals surface area contributed by atoms with E-state index in [0.717, 1.165) is 24.3 Å². The number of hydrogen-bond donors (Lipinski definition) is 3. The van der Waals surface area contributed by atoms with Gasteiger partial charge in [-0.25, -0.2) is 0 Å². The summed E-state index contributed by atoms with van der Waals surface area (Å²) in [4.78, 5) is 0. The summed E-state index contributed by atoms with van der Waals surface area (Å²) in [6, 6.07) is 8.58. The number of nitrogens with one attached hydrogen (secondary N) is 2. The molecule has 1 heterocycles. The highest BCUT2D eigenvalue weighted by Crippen LogP contribution is 2.14. The van der Waals surface area contributed by atoms with E-state index < -0.39 is 0 Å². The SMILES string of the molecule is OCc1ccc(NC2CCNCC2)cc1. The molecule has 1 fully saturated rings. The zero-order chi connectivity index (χ0) is 10.5. The average Bonchev–Trinajstić information content (AvgIpc) is 2.31. The van der Waals surface area contributed by atoms with Gasteiger partial charge in [-0.1, -0.05) is 12.1 Å². The Morgan fingerprint density at radius 2 is 1.87 bits per heavy atom. The smallest absolute Gasteiger partial charge is 0.0681 e. The van der Waals surface area contributed by atoms with Crippen molar-refractivity contribution in [2.75, 3.05) is 18.4 Å². The first-order chi connectivity index (χ1) is 7.38. The number of rotatable bonds is 3.